The largest absolute Gasteiger partial charge is 0.456 e. The Morgan fingerprint density at radius 2 is 2.27 bits per heavy atom. The molecule has 1 amide bonds. The van der Waals surface area contributed by atoms with Gasteiger partial charge >= 0.3 is 5.91 Å². The molecule has 1 rings (SSSR count). The van der Waals surface area contributed by atoms with Crippen molar-refractivity contribution in [2.24, 2.45) is 5.84 Å². The van der Waals surface area contributed by atoms with Crippen molar-refractivity contribution in [2.75, 3.05) is 7.05 Å². The van der Waals surface area contributed by atoms with Crippen molar-refractivity contribution in [1.82, 2.24) is 5.01 Å². The van der Waals surface area contributed by atoms with Gasteiger partial charge in [-0.3, -0.25) is 9.80 Å². The van der Waals surface area contributed by atoms with Crippen molar-refractivity contribution >= 4 is 5.91 Å². The summed E-state index contributed by atoms with van der Waals surface area (Å²) in [5.74, 6) is 5.85. The molecule has 0 atom stereocenters. The highest BCUT2D eigenvalue weighted by atomic mass is 16.4. The molecule has 0 bridgehead atoms. The van der Waals surface area contributed by atoms with Crippen LogP contribution >= 0.6 is 0 Å². The molecule has 0 saturated heterocycles. The molecule has 0 aliphatic carbocycles. The molecule has 0 spiro atoms. The van der Waals surface area contributed by atoms with Gasteiger partial charge in [0.15, 0.2) is 5.76 Å². The van der Waals surface area contributed by atoms with Crippen molar-refractivity contribution in [3.8, 4) is 0 Å². The smallest absolute Gasteiger partial charge is 0.303 e. The van der Waals surface area contributed by atoms with Crippen molar-refractivity contribution in [3.63, 3.8) is 0 Å². The van der Waals surface area contributed by atoms with Crippen molar-refractivity contribution in [3.05, 3.63) is 23.7 Å². The van der Waals surface area contributed by atoms with E-state index in [1.165, 1.54) is 7.05 Å². The molecule has 0 fully saturated rings. The Bertz CT molecular complexity index is 265. The fourth-order valence-electron chi connectivity index (χ4n) is 0.723. The molecule has 1 aromatic rings. The first-order chi connectivity index (χ1) is 5.11. The topological polar surface area (TPSA) is 59.5 Å². The molecule has 4 nitrogen and oxygen atoms in total. The van der Waals surface area contributed by atoms with E-state index in [-0.39, 0.29) is 11.7 Å². The van der Waals surface area contributed by atoms with E-state index in [1.807, 2.05) is 0 Å². The fourth-order valence-corrected chi connectivity index (χ4v) is 0.723. The van der Waals surface area contributed by atoms with Crippen LogP contribution in [0.25, 0.3) is 0 Å². The number of nitrogens with zero attached hydrogens (tertiary/aromatic N) is 1. The summed E-state index contributed by atoms with van der Waals surface area (Å²) >= 11 is 0. The van der Waals surface area contributed by atoms with Crippen LogP contribution in [-0.2, 0) is 0 Å². The lowest BCUT2D eigenvalue weighted by Crippen LogP contribution is -2.32. The first kappa shape index (κ1) is 7.81. The second-order valence-electron chi connectivity index (χ2n) is 2.33. The maximum atomic E-state index is 11.1. The average Bonchev–Trinajstić information content (AvgIpc) is 2.34. The van der Waals surface area contributed by atoms with Gasteiger partial charge in [-0.2, -0.15) is 0 Å². The lowest BCUT2D eigenvalue weighted by Gasteiger charge is -2.05. The van der Waals surface area contributed by atoms with Gasteiger partial charge in [0, 0.05) is 7.05 Å². The van der Waals surface area contributed by atoms with E-state index in [0.717, 1.165) is 5.01 Å². The van der Waals surface area contributed by atoms with Crippen molar-refractivity contribution in [1.29, 1.82) is 0 Å². The highest BCUT2D eigenvalue weighted by Crippen LogP contribution is 2.06. The summed E-state index contributed by atoms with van der Waals surface area (Å²) in [6, 6.07) is 3.32. The summed E-state index contributed by atoms with van der Waals surface area (Å²) in [5, 5.41) is 0.984. The molecular weight excluding hydrogens is 144 g/mol. The lowest BCUT2D eigenvalue weighted by molar-refractivity contribution is 0.0762. The molecule has 0 aromatic carbocycles. The molecule has 0 radical (unpaired) electrons. The van der Waals surface area contributed by atoms with Gasteiger partial charge in [0.25, 0.3) is 0 Å². The number of rotatable bonds is 1. The normalized spacial score (nSPS) is 9.73. The summed E-state index contributed by atoms with van der Waals surface area (Å²) in [5.41, 5.74) is 0. The minimum absolute atomic E-state index is 0.271. The molecule has 1 heterocycles. The summed E-state index contributed by atoms with van der Waals surface area (Å²) in [4.78, 5) is 11.1. The minimum Gasteiger partial charge on any atom is -0.456 e. The van der Waals surface area contributed by atoms with E-state index in [0.29, 0.717) is 5.76 Å². The fraction of sp³-hybridized carbons (Fsp3) is 0.286. The van der Waals surface area contributed by atoms with Crippen LogP contribution in [0.15, 0.2) is 16.5 Å². The molecule has 0 unspecified atom stereocenters. The third-order valence-corrected chi connectivity index (χ3v) is 1.27. The highest BCUT2D eigenvalue weighted by molar-refractivity contribution is 5.90. The number of hydrogen-bond acceptors (Lipinski definition) is 3. The highest BCUT2D eigenvalue weighted by Gasteiger charge is 2.11. The molecule has 0 aliphatic heterocycles. The second kappa shape index (κ2) is 2.75. The van der Waals surface area contributed by atoms with E-state index in [9.17, 15) is 4.79 Å². The van der Waals surface area contributed by atoms with Gasteiger partial charge in [-0.05, 0) is 19.1 Å². The monoisotopic (exact) mass is 154 g/mol. The molecule has 0 aliphatic rings. The molecule has 4 heteroatoms. The Labute approximate surface area is 64.6 Å². The first-order valence-electron chi connectivity index (χ1n) is 3.20. The maximum absolute atomic E-state index is 11.1. The first-order valence-corrected chi connectivity index (χ1v) is 3.20. The van der Waals surface area contributed by atoms with Crippen LogP contribution in [-0.4, -0.2) is 18.0 Å². The Kier molecular flexibility index (Phi) is 1.96. The number of carbonyl (C=O) groups excluding carboxylic acids is 1. The second-order valence-corrected chi connectivity index (χ2v) is 2.33. The third-order valence-electron chi connectivity index (χ3n) is 1.27. The van der Waals surface area contributed by atoms with Crippen LogP contribution in [0.4, 0.5) is 0 Å². The number of hydrazine groups is 1. The standard InChI is InChI=1S/C7H10N2O2/c1-5-3-4-6(11-5)7(10)9(2)8/h3-4H,8H2,1-2H3. The Hall–Kier alpha value is -1.29. The Balaban J connectivity index is 2.85. The van der Waals surface area contributed by atoms with Crippen molar-refractivity contribution in [2.45, 2.75) is 6.92 Å². The Morgan fingerprint density at radius 3 is 2.64 bits per heavy atom. The number of aryl methyl sites for hydroxylation is 1. The molecular formula is C7H10N2O2. The van der Waals surface area contributed by atoms with E-state index in [2.05, 4.69) is 0 Å². The van der Waals surface area contributed by atoms with Gasteiger partial charge < -0.3 is 4.42 Å². The summed E-state index contributed by atoms with van der Waals surface area (Å²) in [7, 11) is 1.47. The lowest BCUT2D eigenvalue weighted by atomic mass is 10.4. The zero-order valence-electron chi connectivity index (χ0n) is 6.50. The van der Waals surface area contributed by atoms with Gasteiger partial charge in [-0.15, -0.1) is 0 Å². The van der Waals surface area contributed by atoms with E-state index in [1.54, 1.807) is 19.1 Å². The van der Waals surface area contributed by atoms with Crippen LogP contribution in [0.1, 0.15) is 16.3 Å². The van der Waals surface area contributed by atoms with Gasteiger partial charge in [0.1, 0.15) is 5.76 Å². The number of amides is 1. The van der Waals surface area contributed by atoms with E-state index >= 15 is 0 Å². The molecule has 60 valence electrons. The van der Waals surface area contributed by atoms with Crippen LogP contribution < -0.4 is 5.84 Å². The zero-order chi connectivity index (χ0) is 8.43. The summed E-state index contributed by atoms with van der Waals surface area (Å²) < 4.78 is 5.04. The van der Waals surface area contributed by atoms with Gasteiger partial charge in [-0.25, -0.2) is 5.84 Å². The molecule has 11 heavy (non-hydrogen) atoms. The van der Waals surface area contributed by atoms with Crippen LogP contribution in [0, 0.1) is 6.92 Å². The van der Waals surface area contributed by atoms with Crippen LogP contribution in [0.3, 0.4) is 0 Å². The minimum atomic E-state index is -0.321. The van der Waals surface area contributed by atoms with Gasteiger partial charge in [-0.1, -0.05) is 0 Å². The third kappa shape index (κ3) is 1.59. The predicted octanol–water partition coefficient (Wildman–Crippen LogP) is 0.534. The van der Waals surface area contributed by atoms with E-state index in [4.69, 9.17) is 10.3 Å². The zero-order valence-corrected chi connectivity index (χ0v) is 6.50. The van der Waals surface area contributed by atoms with E-state index < -0.39 is 0 Å². The SMILES string of the molecule is Cc1ccc(C(=O)N(C)N)o1. The van der Waals surface area contributed by atoms with Crippen LogP contribution in [0.5, 0.6) is 0 Å². The van der Waals surface area contributed by atoms with Crippen LogP contribution in [0.2, 0.25) is 0 Å². The average molecular weight is 154 g/mol. The maximum Gasteiger partial charge on any atom is 0.303 e. The predicted molar refractivity (Wildman–Crippen MR) is 39.7 cm³/mol. The van der Waals surface area contributed by atoms with Gasteiger partial charge in [0.2, 0.25) is 0 Å². The molecule has 0 saturated carbocycles. The molecule has 2 N–H and O–H groups in total. The quantitative estimate of drug-likeness (QED) is 0.364. The molecule has 1 aromatic heterocycles. The summed E-state index contributed by atoms with van der Waals surface area (Å²) in [6.07, 6.45) is 0. The number of carbonyl (C=O) groups is 1. The number of nitrogens with two attached hydrogens (primary N) is 1. The van der Waals surface area contributed by atoms with Gasteiger partial charge in [0.05, 0.1) is 0 Å². The Morgan fingerprint density at radius 1 is 1.64 bits per heavy atom. The number of furan rings is 1. The summed E-state index contributed by atoms with van der Waals surface area (Å²) in [6.45, 7) is 1.77. The number of hydrogen-bond donors (Lipinski definition) is 1. The van der Waals surface area contributed by atoms with Crippen molar-refractivity contribution < 1.29 is 9.21 Å².